The van der Waals surface area contributed by atoms with Crippen molar-refractivity contribution in [3.8, 4) is 39.9 Å². The van der Waals surface area contributed by atoms with Crippen LogP contribution in [-0.2, 0) is 39.8 Å². The van der Waals surface area contributed by atoms with Gasteiger partial charge in [0.15, 0.2) is 39.5 Å². The van der Waals surface area contributed by atoms with Crippen LogP contribution in [0, 0.1) is 0 Å². The second-order valence-corrected chi connectivity index (χ2v) is 32.2. The van der Waals surface area contributed by atoms with E-state index in [1.54, 1.807) is 13.2 Å². The summed E-state index contributed by atoms with van der Waals surface area (Å²) in [4.78, 5) is 30.9. The van der Waals surface area contributed by atoms with Crippen molar-refractivity contribution in [3.05, 3.63) is 158 Å². The molecular weight excluding hydrogens is 965 g/mol. The standard InChI is InChI=1S/C61H70O11Si2/c1-13-23-41-32-40-33-42-46(54(45(40)59(64)69-41)67-35-38-26-19-15-20-27-38)48-49(58(72-74(11,12)61(5,6)7)52(42)71-73(9,10)60(2,3)4)56(65-8)57-50(55(48)68-36-39-28-21-16-22-29-39)51(63)47-44(70-57)31-30-43(62)53(47)66-34-37-24-17-14-18-25-37/h14-22,24-31,33,41,52,58,62H,13,23,32,34-36H2,1-12H3/t41-,52?,58+/m1/s1. The molecule has 7 aromatic rings. The van der Waals surface area contributed by atoms with Crippen molar-refractivity contribution < 1.29 is 46.9 Å². The van der Waals surface area contributed by atoms with Crippen LogP contribution in [0.5, 0.6) is 28.7 Å². The number of phenolic OH excluding ortho intramolecular Hbond substituents is 1. The zero-order valence-corrected chi connectivity index (χ0v) is 46.9. The van der Waals surface area contributed by atoms with Gasteiger partial charge in [0.25, 0.3) is 0 Å². The average Bonchev–Trinajstić information content (AvgIpc) is 3.35. The zero-order valence-electron chi connectivity index (χ0n) is 44.9. The largest absolute Gasteiger partial charge is 0.504 e. The van der Waals surface area contributed by atoms with Gasteiger partial charge in [0.1, 0.15) is 71.6 Å². The molecule has 1 aromatic heterocycles. The highest BCUT2D eigenvalue weighted by Crippen LogP contribution is 2.63. The van der Waals surface area contributed by atoms with E-state index >= 15 is 4.79 Å². The molecule has 11 nitrogen and oxygen atoms in total. The van der Waals surface area contributed by atoms with Gasteiger partial charge in [-0.2, -0.15) is 0 Å². The fraction of sp³-hybridized carbons (Fsp3) is 0.377. The fourth-order valence-electron chi connectivity index (χ4n) is 9.57. The van der Waals surface area contributed by atoms with E-state index < -0.39 is 40.2 Å². The Labute approximate surface area is 436 Å². The number of carbonyl (C=O) groups excluding carboxylic acids is 1. The molecule has 2 aliphatic rings. The molecule has 1 aliphatic carbocycles. The van der Waals surface area contributed by atoms with Gasteiger partial charge in [-0.25, -0.2) is 4.79 Å². The molecule has 0 amide bonds. The maximum Gasteiger partial charge on any atom is 0.342 e. The molecule has 13 heteroatoms. The molecule has 0 fully saturated rings. The third kappa shape index (κ3) is 9.87. The molecule has 74 heavy (non-hydrogen) atoms. The van der Waals surface area contributed by atoms with Crippen LogP contribution in [0.15, 0.2) is 118 Å². The van der Waals surface area contributed by atoms with E-state index in [0.717, 1.165) is 34.2 Å². The molecule has 388 valence electrons. The van der Waals surface area contributed by atoms with Gasteiger partial charge in [0.05, 0.1) is 7.11 Å². The first kappa shape index (κ1) is 52.5. The van der Waals surface area contributed by atoms with Crippen LogP contribution in [0.1, 0.15) is 117 Å². The van der Waals surface area contributed by atoms with Crippen molar-refractivity contribution in [2.24, 2.45) is 0 Å². The Morgan fingerprint density at radius 3 is 1.65 bits per heavy atom. The number of carbonyl (C=O) groups is 1. The number of benzene rings is 6. The summed E-state index contributed by atoms with van der Waals surface area (Å²) in [6.07, 6.45) is -0.0279. The van der Waals surface area contributed by atoms with E-state index in [0.29, 0.717) is 35.1 Å². The molecule has 0 saturated heterocycles. The third-order valence-corrected chi connectivity index (χ3v) is 24.5. The lowest BCUT2D eigenvalue weighted by Gasteiger charge is -2.48. The summed E-state index contributed by atoms with van der Waals surface area (Å²) in [5.41, 5.74) is 5.56. The molecule has 1 N–H and O–H groups in total. The van der Waals surface area contributed by atoms with E-state index in [4.69, 9.17) is 37.0 Å². The minimum Gasteiger partial charge on any atom is -0.504 e. The minimum atomic E-state index is -2.78. The quantitative estimate of drug-likeness (QED) is 0.0563. The summed E-state index contributed by atoms with van der Waals surface area (Å²) in [5.74, 6) is -0.117. The zero-order chi connectivity index (χ0) is 52.9. The van der Waals surface area contributed by atoms with Crippen molar-refractivity contribution in [2.45, 2.75) is 142 Å². The molecular formula is C61H70O11Si2. The number of phenols is 1. The third-order valence-electron chi connectivity index (χ3n) is 15.5. The Morgan fingerprint density at radius 2 is 1.14 bits per heavy atom. The van der Waals surface area contributed by atoms with Crippen LogP contribution < -0.4 is 24.4 Å². The Balaban J connectivity index is 1.47. The maximum absolute atomic E-state index is 16.0. The van der Waals surface area contributed by atoms with E-state index in [9.17, 15) is 9.90 Å². The van der Waals surface area contributed by atoms with Crippen LogP contribution in [0.3, 0.4) is 0 Å². The lowest BCUT2D eigenvalue weighted by Crippen LogP contribution is -2.47. The number of hydrogen-bond acceptors (Lipinski definition) is 11. The van der Waals surface area contributed by atoms with Crippen LogP contribution in [-0.4, -0.2) is 40.9 Å². The van der Waals surface area contributed by atoms with Gasteiger partial charge in [-0.05, 0) is 82.6 Å². The van der Waals surface area contributed by atoms with E-state index in [-0.39, 0.29) is 86.7 Å². The molecule has 0 saturated carbocycles. The number of ether oxygens (including phenoxy) is 5. The van der Waals surface area contributed by atoms with Crippen LogP contribution in [0.25, 0.3) is 33.1 Å². The van der Waals surface area contributed by atoms with Gasteiger partial charge < -0.3 is 42.1 Å². The molecule has 6 aromatic carbocycles. The van der Waals surface area contributed by atoms with Gasteiger partial charge in [-0.15, -0.1) is 0 Å². The predicted molar refractivity (Wildman–Crippen MR) is 296 cm³/mol. The molecule has 1 unspecified atom stereocenters. The topological polar surface area (TPSA) is 132 Å². The van der Waals surface area contributed by atoms with Gasteiger partial charge in [0.2, 0.25) is 5.43 Å². The molecule has 0 spiro atoms. The van der Waals surface area contributed by atoms with E-state index in [1.807, 2.05) is 91.0 Å². The van der Waals surface area contributed by atoms with Crippen LogP contribution >= 0.6 is 0 Å². The minimum absolute atomic E-state index is 0.0146. The lowest BCUT2D eigenvalue weighted by atomic mass is 9.76. The second kappa shape index (κ2) is 20.4. The van der Waals surface area contributed by atoms with Crippen molar-refractivity contribution in [3.63, 3.8) is 0 Å². The highest BCUT2D eigenvalue weighted by molar-refractivity contribution is 6.74. The van der Waals surface area contributed by atoms with Crippen LogP contribution in [0.2, 0.25) is 36.3 Å². The summed E-state index contributed by atoms with van der Waals surface area (Å²) < 4.78 is 56.2. The molecule has 2 heterocycles. The maximum atomic E-state index is 16.0. The van der Waals surface area contributed by atoms with Crippen molar-refractivity contribution in [1.29, 1.82) is 0 Å². The van der Waals surface area contributed by atoms with E-state index in [1.165, 1.54) is 6.07 Å². The number of esters is 1. The number of fused-ring (bicyclic) bond motifs is 6. The van der Waals surface area contributed by atoms with Gasteiger partial charge >= 0.3 is 5.97 Å². The SMILES string of the molecule is CCC[C@@H]1Cc2cc3c(c(OCc4ccccc4)c2C(=O)O1)-c1c(c(OC)c2oc4ccc(O)c(OCc5ccccc5)c4c(=O)c2c1OCc1ccccc1)[C@H](O[Si](C)(C)C(C)(C)C)C3O[Si](C)(C)C(C)(C)C. The van der Waals surface area contributed by atoms with Crippen molar-refractivity contribution >= 4 is 44.5 Å². The number of aromatic hydroxyl groups is 1. The average molecular weight is 1040 g/mol. The number of methoxy groups -OCH3 is 1. The lowest BCUT2D eigenvalue weighted by molar-refractivity contribution is 0.0221. The summed E-state index contributed by atoms with van der Waals surface area (Å²) in [5, 5.41) is 11.1. The number of hydrogen-bond donors (Lipinski definition) is 1. The second-order valence-electron chi connectivity index (χ2n) is 22.7. The summed E-state index contributed by atoms with van der Waals surface area (Å²) >= 11 is 0. The molecule has 0 bridgehead atoms. The predicted octanol–water partition coefficient (Wildman–Crippen LogP) is 15.1. The smallest absolute Gasteiger partial charge is 0.342 e. The van der Waals surface area contributed by atoms with E-state index in [2.05, 4.69) is 80.7 Å². The monoisotopic (exact) mass is 1030 g/mol. The number of rotatable bonds is 16. The first-order valence-corrected chi connectivity index (χ1v) is 31.6. The first-order valence-electron chi connectivity index (χ1n) is 25.8. The number of cyclic esters (lactones) is 1. The molecule has 1 aliphatic heterocycles. The van der Waals surface area contributed by atoms with Gasteiger partial charge in [0, 0.05) is 23.1 Å². The Kier molecular flexibility index (Phi) is 14.5. The molecule has 9 rings (SSSR count). The normalized spacial score (nSPS) is 16.8. The summed E-state index contributed by atoms with van der Waals surface area (Å²) in [6.45, 7) is 24.4. The summed E-state index contributed by atoms with van der Waals surface area (Å²) in [7, 11) is -3.95. The van der Waals surface area contributed by atoms with Crippen molar-refractivity contribution in [2.75, 3.05) is 7.11 Å². The first-order chi connectivity index (χ1) is 35.1. The van der Waals surface area contributed by atoms with Crippen LogP contribution in [0.4, 0.5) is 0 Å². The highest BCUT2D eigenvalue weighted by Gasteiger charge is 2.52. The van der Waals surface area contributed by atoms with Gasteiger partial charge in [-0.3, -0.25) is 4.79 Å². The van der Waals surface area contributed by atoms with Gasteiger partial charge in [-0.1, -0.05) is 152 Å². The Bertz CT molecular complexity index is 3260. The molecule has 0 radical (unpaired) electrons. The highest BCUT2D eigenvalue weighted by atomic mass is 28.4. The molecule has 3 atom stereocenters. The Morgan fingerprint density at radius 1 is 0.622 bits per heavy atom. The fourth-order valence-corrected chi connectivity index (χ4v) is 12.0. The summed E-state index contributed by atoms with van der Waals surface area (Å²) in [6, 6.07) is 34.2. The van der Waals surface area contributed by atoms with Crippen molar-refractivity contribution in [1.82, 2.24) is 0 Å². The Hall–Kier alpha value is -6.39.